The second-order valence-corrected chi connectivity index (χ2v) is 18.9. The van der Waals surface area contributed by atoms with Crippen LogP contribution in [0.15, 0.2) is 122 Å². The molecule has 0 bridgehead atoms. The van der Waals surface area contributed by atoms with E-state index >= 15 is 8.78 Å². The molecule has 12 rings (SSSR count). The van der Waals surface area contributed by atoms with Crippen LogP contribution >= 0.6 is 0 Å². The Kier molecular flexibility index (Phi) is 13.2. The molecule has 0 atom stereocenters. The van der Waals surface area contributed by atoms with Gasteiger partial charge < -0.3 is 38.5 Å². The maximum atomic E-state index is 16.0. The first kappa shape index (κ1) is 52.5. The fraction of sp³-hybridized carbons (Fsp3) is 0.0556. The lowest BCUT2D eigenvalue weighted by Gasteiger charge is -2.14. The number of aromatic nitrogens is 15. The first-order valence-electron chi connectivity index (χ1n) is 25.0. The van der Waals surface area contributed by atoms with Crippen molar-refractivity contribution in [3.63, 3.8) is 0 Å². The quantitative estimate of drug-likeness (QED) is 0.0585. The highest BCUT2D eigenvalue weighted by Crippen LogP contribution is 2.37. The van der Waals surface area contributed by atoms with Crippen LogP contribution in [-0.2, 0) is 0 Å². The number of rotatable bonds is 11. The number of amides is 6. The predicted molar refractivity (Wildman–Crippen MR) is 305 cm³/mol. The number of pyridine rings is 3. The van der Waals surface area contributed by atoms with Crippen LogP contribution in [0.25, 0.3) is 72.7 Å². The number of carbonyl (C=O) groups is 3. The molecule has 12 aromatic rings. The number of hydrogen-bond donors (Lipinski definition) is 9. The van der Waals surface area contributed by atoms with Gasteiger partial charge in [-0.15, -0.1) is 25.5 Å². The summed E-state index contributed by atoms with van der Waals surface area (Å²) in [5, 5.41) is 47.6. The minimum Gasteiger partial charge on any atom is -0.380 e. The van der Waals surface area contributed by atoms with Crippen molar-refractivity contribution in [1.29, 1.82) is 0 Å². The third-order valence-corrected chi connectivity index (χ3v) is 13.2. The molecule has 9 aromatic heterocycles. The molecule has 9 heterocycles. The van der Waals surface area contributed by atoms with Crippen molar-refractivity contribution in [1.82, 2.24) is 74.6 Å². The lowest BCUT2D eigenvalue weighted by Crippen LogP contribution is -2.21. The second-order valence-electron chi connectivity index (χ2n) is 18.9. The van der Waals surface area contributed by atoms with E-state index in [1.165, 1.54) is 80.8 Å². The van der Waals surface area contributed by atoms with Gasteiger partial charge in [-0.3, -0.25) is 15.6 Å². The van der Waals surface area contributed by atoms with Crippen molar-refractivity contribution in [2.45, 2.75) is 20.8 Å². The molecule has 12 N–H and O–H groups in total. The van der Waals surface area contributed by atoms with Crippen LogP contribution in [0.1, 0.15) is 16.7 Å². The van der Waals surface area contributed by atoms with Gasteiger partial charge in [-0.2, -0.15) is 0 Å². The lowest BCUT2D eigenvalue weighted by atomic mass is 9.98. The molecule has 0 aliphatic heterocycles. The molecule has 0 unspecified atom stereocenters. The first-order chi connectivity index (χ1) is 40.5. The number of nitrogens with one attached hydrogen (secondary N) is 6. The molecule has 0 aliphatic rings. The number of aryl methyl sites for hydroxylation is 3. The van der Waals surface area contributed by atoms with Gasteiger partial charge in [0.1, 0.15) is 34.0 Å². The molecule has 0 saturated carbocycles. The van der Waals surface area contributed by atoms with Crippen LogP contribution in [0, 0.1) is 38.2 Å². The second kappa shape index (κ2) is 21.1. The number of urea groups is 3. The summed E-state index contributed by atoms with van der Waals surface area (Å²) in [4.78, 5) is 56.8. The monoisotopic (exact) mass is 1130 g/mol. The Hall–Kier alpha value is -12.2. The number of benzene rings is 3. The van der Waals surface area contributed by atoms with Gasteiger partial charge in [0.05, 0.1) is 58.9 Å². The van der Waals surface area contributed by atoms with E-state index < -0.39 is 35.5 Å². The van der Waals surface area contributed by atoms with Gasteiger partial charge in [0.25, 0.3) is 0 Å². The molecule has 84 heavy (non-hydrogen) atoms. The van der Waals surface area contributed by atoms with E-state index in [-0.39, 0.29) is 57.7 Å². The van der Waals surface area contributed by atoms with Crippen LogP contribution in [0.2, 0.25) is 0 Å². The van der Waals surface area contributed by atoms with Crippen molar-refractivity contribution in [2.24, 2.45) is 0 Å². The van der Waals surface area contributed by atoms with Crippen molar-refractivity contribution in [2.75, 3.05) is 49.1 Å². The number of anilines is 9. The highest BCUT2D eigenvalue weighted by Gasteiger charge is 2.22. The average Bonchev–Trinajstić information content (AvgIpc) is 2.85. The zero-order valence-electron chi connectivity index (χ0n) is 43.8. The van der Waals surface area contributed by atoms with E-state index in [0.29, 0.717) is 78.0 Å². The zero-order chi connectivity index (χ0) is 58.5. The third kappa shape index (κ3) is 10.2. The molecule has 30 heteroatoms. The molecular formula is C54H41F3N24O3. The summed E-state index contributed by atoms with van der Waals surface area (Å²) in [6.45, 7) is 5.21. The van der Waals surface area contributed by atoms with Crippen LogP contribution in [0.4, 0.5) is 79.4 Å². The highest BCUT2D eigenvalue weighted by atomic mass is 19.1. The minimum absolute atomic E-state index is 0.0114. The molecular weight excluding hydrogens is 1090 g/mol. The van der Waals surface area contributed by atoms with E-state index in [1.807, 2.05) is 0 Å². The van der Waals surface area contributed by atoms with Crippen molar-refractivity contribution in [3.05, 3.63) is 156 Å². The number of halogens is 3. The molecule has 3 aromatic carbocycles. The number of fused-ring (bicyclic) bond motifs is 3. The number of nitrogen functional groups attached to an aromatic ring is 3. The largest absolute Gasteiger partial charge is 0.380 e. The number of carbonyl (C=O) groups excluding carboxylic acids is 3. The number of nitrogens with two attached hydrogens (primary N) is 3. The summed E-state index contributed by atoms with van der Waals surface area (Å²) in [6.07, 6.45) is 10.2. The zero-order valence-corrected chi connectivity index (χ0v) is 43.8. The summed E-state index contributed by atoms with van der Waals surface area (Å²) in [5.74, 6) is -1.52. The van der Waals surface area contributed by atoms with E-state index in [2.05, 4.69) is 93.0 Å². The van der Waals surface area contributed by atoms with Gasteiger partial charge in [0, 0.05) is 46.4 Å². The van der Waals surface area contributed by atoms with Gasteiger partial charge in [-0.25, -0.2) is 56.1 Å². The average molecular weight is 1130 g/mol. The Morgan fingerprint density at radius 1 is 0.452 bits per heavy atom. The molecule has 0 saturated heterocycles. The Morgan fingerprint density at radius 2 is 1.00 bits per heavy atom. The topological polar surface area (TPSA) is 369 Å². The highest BCUT2D eigenvalue weighted by molar-refractivity contribution is 6.02. The first-order valence-corrected chi connectivity index (χ1v) is 25.0. The van der Waals surface area contributed by atoms with Gasteiger partial charge >= 0.3 is 18.1 Å². The molecule has 0 radical (unpaired) electrons. The van der Waals surface area contributed by atoms with Crippen LogP contribution in [0.5, 0.6) is 0 Å². The van der Waals surface area contributed by atoms with Crippen molar-refractivity contribution >= 4 is 86.5 Å². The molecule has 0 aliphatic carbocycles. The molecule has 6 amide bonds. The SMILES string of the molecule is Cc1ccc(F)c(NC(=O)Nc2cnc(-c3cc(-c4cc(F)c(NC(=O)Nc5cnc(-c6cc(-c7cc(F)c(NC(=O)Nc8ccc(-c9cccn%10nnc(N)c9%10)nn8)cc7C)cn7nnc(N)c67)nc5)cc4C)cn4nnc(N)c34)cn2)c1. The third-order valence-electron chi connectivity index (χ3n) is 13.2. The summed E-state index contributed by atoms with van der Waals surface area (Å²) in [5.41, 5.74) is 25.4. The number of nitrogens with zero attached hydrogens (tertiary/aromatic N) is 15. The number of hydrogen-bond acceptors (Lipinski definition) is 18. The summed E-state index contributed by atoms with van der Waals surface area (Å²) in [7, 11) is 0. The summed E-state index contributed by atoms with van der Waals surface area (Å²) >= 11 is 0. The summed E-state index contributed by atoms with van der Waals surface area (Å²) in [6, 6.07) is 17.4. The molecule has 416 valence electrons. The standard InChI is InChI=1S/C54H41F3N24O3/c1-24-6-7-35(55)39(11-24)66-54(84)70-44-21-61-42(20-62-44)33-14-27(22-80-46(33)49(59)74-77-80)31-16-36(56)40(12-25(31)2)67-52(82)65-29-18-63-51(64-19-29)34-15-28(23-81-47(34)50(60)75-78-81)32-17-37(57)41(13-26(32)3)68-53(83)69-43-9-8-38(71-72-43)30-5-4-10-79-45(30)48(58)73-76-79/h4-23H,58-60H2,1-3H3,(H2,65,67,82)(H2,62,66,70,84)(H2,68,69,72,83). The van der Waals surface area contributed by atoms with Crippen LogP contribution < -0.4 is 49.1 Å². The van der Waals surface area contributed by atoms with Crippen LogP contribution in [0.3, 0.4) is 0 Å². The van der Waals surface area contributed by atoms with Gasteiger partial charge in [-0.05, 0) is 121 Å². The molecule has 0 fully saturated rings. The smallest absolute Gasteiger partial charge is 0.324 e. The maximum absolute atomic E-state index is 16.0. The normalized spacial score (nSPS) is 11.3. The Balaban J connectivity index is 0.717. The predicted octanol–water partition coefficient (Wildman–Crippen LogP) is 8.54. The summed E-state index contributed by atoms with van der Waals surface area (Å²) < 4.78 is 50.5. The van der Waals surface area contributed by atoms with Crippen molar-refractivity contribution in [3.8, 4) is 56.2 Å². The van der Waals surface area contributed by atoms with Crippen LogP contribution in [-0.4, -0.2) is 92.7 Å². The Labute approximate surface area is 469 Å². The van der Waals surface area contributed by atoms with Gasteiger partial charge in [0.15, 0.2) is 34.9 Å². The van der Waals surface area contributed by atoms with Crippen molar-refractivity contribution < 1.29 is 27.6 Å². The molecule has 27 nitrogen and oxygen atoms in total. The maximum Gasteiger partial charge on any atom is 0.324 e. The molecule has 0 spiro atoms. The fourth-order valence-electron chi connectivity index (χ4n) is 9.28. The Bertz CT molecular complexity index is 4630. The van der Waals surface area contributed by atoms with E-state index in [4.69, 9.17) is 17.2 Å². The van der Waals surface area contributed by atoms with E-state index in [0.717, 1.165) is 5.56 Å². The van der Waals surface area contributed by atoms with Gasteiger partial charge in [0.2, 0.25) is 0 Å². The lowest BCUT2D eigenvalue weighted by molar-refractivity contribution is 0.261. The van der Waals surface area contributed by atoms with E-state index in [9.17, 15) is 18.8 Å². The minimum atomic E-state index is -0.815. The Morgan fingerprint density at radius 3 is 1.58 bits per heavy atom. The van der Waals surface area contributed by atoms with Gasteiger partial charge in [-0.1, -0.05) is 21.7 Å². The van der Waals surface area contributed by atoms with E-state index in [1.54, 1.807) is 75.8 Å². The fourth-order valence-corrected chi connectivity index (χ4v) is 9.28.